The summed E-state index contributed by atoms with van der Waals surface area (Å²) in [6.45, 7) is 2.01. The quantitative estimate of drug-likeness (QED) is 0.694. The number of aromatic nitrogens is 4. The minimum absolute atomic E-state index is 0.0953. The van der Waals surface area contributed by atoms with Crippen molar-refractivity contribution in [3.63, 3.8) is 0 Å². The molecule has 8 nitrogen and oxygen atoms in total. The molecular formula is C16H17N5O3. The summed E-state index contributed by atoms with van der Waals surface area (Å²) >= 11 is 0. The van der Waals surface area contributed by atoms with E-state index in [1.165, 1.54) is 15.8 Å². The van der Waals surface area contributed by atoms with E-state index < -0.39 is 0 Å². The minimum Gasteiger partial charge on any atom is -0.423 e. The maximum Gasteiger partial charge on any atom is 0.261 e. The predicted molar refractivity (Wildman–Crippen MR) is 86.2 cm³/mol. The first-order chi connectivity index (χ1) is 11.6. The summed E-state index contributed by atoms with van der Waals surface area (Å²) in [6, 6.07) is 7.04. The van der Waals surface area contributed by atoms with E-state index in [0.29, 0.717) is 29.1 Å². The zero-order valence-corrected chi connectivity index (χ0v) is 13.5. The van der Waals surface area contributed by atoms with Crippen molar-refractivity contribution < 1.29 is 9.21 Å². The van der Waals surface area contributed by atoms with Crippen molar-refractivity contribution in [3.8, 4) is 0 Å². The molecule has 1 amide bonds. The molecule has 0 atom stereocenters. The molecule has 2 aromatic heterocycles. The predicted octanol–water partition coefficient (Wildman–Crippen LogP) is 1.00. The Morgan fingerprint density at radius 2 is 2.00 bits per heavy atom. The van der Waals surface area contributed by atoms with Crippen LogP contribution in [0.1, 0.15) is 18.7 Å². The molecule has 0 N–H and O–H groups in total. The van der Waals surface area contributed by atoms with E-state index in [2.05, 4.69) is 15.2 Å². The summed E-state index contributed by atoms with van der Waals surface area (Å²) in [5.74, 6) is 0.651. The van der Waals surface area contributed by atoms with Gasteiger partial charge in [0.05, 0.1) is 23.8 Å². The first-order valence-electron chi connectivity index (χ1n) is 7.58. The van der Waals surface area contributed by atoms with Gasteiger partial charge in [0.25, 0.3) is 5.56 Å². The van der Waals surface area contributed by atoms with Gasteiger partial charge in [-0.25, -0.2) is 4.98 Å². The van der Waals surface area contributed by atoms with Crippen molar-refractivity contribution in [1.29, 1.82) is 0 Å². The van der Waals surface area contributed by atoms with E-state index in [1.807, 2.05) is 13.0 Å². The SMILES string of the molecule is CCc1nnc(CN(C)C(=O)Cn2cnc3ccccc3c2=O)o1. The number of likely N-dealkylation sites (N-methyl/N-ethyl adjacent to an activating group) is 1. The summed E-state index contributed by atoms with van der Waals surface area (Å²) in [5, 5.41) is 8.23. The highest BCUT2D eigenvalue weighted by Gasteiger charge is 2.15. The fourth-order valence-electron chi connectivity index (χ4n) is 2.27. The Morgan fingerprint density at radius 3 is 2.75 bits per heavy atom. The smallest absolute Gasteiger partial charge is 0.261 e. The van der Waals surface area contributed by atoms with Crippen molar-refractivity contribution in [3.05, 3.63) is 52.7 Å². The maximum absolute atomic E-state index is 12.4. The molecule has 0 saturated heterocycles. The highest BCUT2D eigenvalue weighted by atomic mass is 16.4. The van der Waals surface area contributed by atoms with E-state index in [0.717, 1.165) is 0 Å². The van der Waals surface area contributed by atoms with E-state index in [1.54, 1.807) is 25.2 Å². The molecule has 24 heavy (non-hydrogen) atoms. The molecule has 2 heterocycles. The molecule has 0 fully saturated rings. The Bertz CT molecular complexity index is 931. The van der Waals surface area contributed by atoms with Crippen molar-refractivity contribution in [2.45, 2.75) is 26.4 Å². The maximum atomic E-state index is 12.4. The lowest BCUT2D eigenvalue weighted by molar-refractivity contribution is -0.131. The number of amides is 1. The van der Waals surface area contributed by atoms with E-state index in [4.69, 9.17) is 4.42 Å². The topological polar surface area (TPSA) is 94.1 Å². The van der Waals surface area contributed by atoms with Gasteiger partial charge in [-0.3, -0.25) is 14.2 Å². The molecular weight excluding hydrogens is 310 g/mol. The molecule has 0 aliphatic heterocycles. The first-order valence-corrected chi connectivity index (χ1v) is 7.58. The van der Waals surface area contributed by atoms with Crippen LogP contribution < -0.4 is 5.56 Å². The van der Waals surface area contributed by atoms with Gasteiger partial charge in [-0.2, -0.15) is 0 Å². The second-order valence-electron chi connectivity index (χ2n) is 5.39. The molecule has 0 aliphatic carbocycles. The van der Waals surface area contributed by atoms with Crippen LogP contribution in [0.15, 0.2) is 39.8 Å². The van der Waals surface area contributed by atoms with Crippen LogP contribution in [0.5, 0.6) is 0 Å². The highest BCUT2D eigenvalue weighted by Crippen LogP contribution is 2.06. The first kappa shape index (κ1) is 15.9. The molecule has 0 unspecified atom stereocenters. The van der Waals surface area contributed by atoms with Gasteiger partial charge in [0.15, 0.2) is 0 Å². The zero-order valence-electron chi connectivity index (χ0n) is 13.5. The standard InChI is InChI=1S/C16H17N5O3/c1-3-13-18-19-14(24-13)8-20(2)15(22)9-21-10-17-12-7-5-4-6-11(12)16(21)23/h4-7,10H,3,8-9H2,1-2H3. The molecule has 3 aromatic rings. The summed E-state index contributed by atoms with van der Waals surface area (Å²) in [5.41, 5.74) is 0.367. The lowest BCUT2D eigenvalue weighted by Gasteiger charge is -2.15. The van der Waals surface area contributed by atoms with Gasteiger partial charge in [0.1, 0.15) is 6.54 Å². The van der Waals surface area contributed by atoms with Crippen LogP contribution in [0.2, 0.25) is 0 Å². The Hall–Kier alpha value is -3.03. The fraction of sp³-hybridized carbons (Fsp3) is 0.312. The highest BCUT2D eigenvalue weighted by molar-refractivity contribution is 5.78. The van der Waals surface area contributed by atoms with Crippen LogP contribution in [0, 0.1) is 0 Å². The zero-order chi connectivity index (χ0) is 17.1. The molecule has 0 bridgehead atoms. The van der Waals surface area contributed by atoms with Gasteiger partial charge in [0.2, 0.25) is 17.7 Å². The number of aryl methyl sites for hydroxylation is 1. The Labute approximate surface area is 137 Å². The number of carbonyl (C=O) groups excluding carboxylic acids is 1. The fourth-order valence-corrected chi connectivity index (χ4v) is 2.27. The van der Waals surface area contributed by atoms with Gasteiger partial charge < -0.3 is 9.32 Å². The van der Waals surface area contributed by atoms with Crippen molar-refractivity contribution in [1.82, 2.24) is 24.6 Å². The molecule has 124 valence electrons. The lowest BCUT2D eigenvalue weighted by Crippen LogP contribution is -2.33. The third-order valence-corrected chi connectivity index (χ3v) is 3.65. The molecule has 0 saturated carbocycles. The number of carbonyl (C=O) groups is 1. The Morgan fingerprint density at radius 1 is 1.25 bits per heavy atom. The number of benzene rings is 1. The van der Waals surface area contributed by atoms with Crippen LogP contribution in [0.3, 0.4) is 0 Å². The van der Waals surface area contributed by atoms with Crippen LogP contribution in [-0.4, -0.2) is 37.6 Å². The summed E-state index contributed by atoms with van der Waals surface area (Å²) in [7, 11) is 1.62. The number of fused-ring (bicyclic) bond motifs is 1. The van der Waals surface area contributed by atoms with Crippen LogP contribution >= 0.6 is 0 Å². The third kappa shape index (κ3) is 3.17. The van der Waals surface area contributed by atoms with E-state index in [-0.39, 0.29) is 24.6 Å². The average molecular weight is 327 g/mol. The van der Waals surface area contributed by atoms with Gasteiger partial charge in [-0.05, 0) is 12.1 Å². The second kappa shape index (κ2) is 6.61. The summed E-state index contributed by atoms with van der Waals surface area (Å²) in [4.78, 5) is 30.4. The van der Waals surface area contributed by atoms with Crippen molar-refractivity contribution in [2.24, 2.45) is 0 Å². The number of rotatable bonds is 5. The number of hydrogen-bond acceptors (Lipinski definition) is 6. The molecule has 0 aliphatic rings. The molecule has 3 rings (SSSR count). The average Bonchev–Trinajstić information content (AvgIpc) is 3.05. The van der Waals surface area contributed by atoms with Gasteiger partial charge in [-0.15, -0.1) is 10.2 Å². The van der Waals surface area contributed by atoms with Crippen molar-refractivity contribution in [2.75, 3.05) is 7.05 Å². The number of hydrogen-bond donors (Lipinski definition) is 0. The minimum atomic E-state index is -0.245. The molecule has 1 aromatic carbocycles. The van der Waals surface area contributed by atoms with Gasteiger partial charge in [-0.1, -0.05) is 19.1 Å². The Kier molecular flexibility index (Phi) is 4.37. The van der Waals surface area contributed by atoms with Crippen molar-refractivity contribution >= 4 is 16.8 Å². The second-order valence-corrected chi connectivity index (χ2v) is 5.39. The van der Waals surface area contributed by atoms with Crippen LogP contribution in [-0.2, 0) is 24.3 Å². The molecule has 8 heteroatoms. The Balaban J connectivity index is 1.74. The molecule has 0 radical (unpaired) electrons. The van der Waals surface area contributed by atoms with E-state index >= 15 is 0 Å². The van der Waals surface area contributed by atoms with Gasteiger partial charge >= 0.3 is 0 Å². The lowest BCUT2D eigenvalue weighted by atomic mass is 10.2. The summed E-state index contributed by atoms with van der Waals surface area (Å²) in [6.07, 6.45) is 2.03. The largest absolute Gasteiger partial charge is 0.423 e. The molecule has 0 spiro atoms. The number of nitrogens with zero attached hydrogens (tertiary/aromatic N) is 5. The monoisotopic (exact) mass is 327 g/mol. The van der Waals surface area contributed by atoms with Crippen LogP contribution in [0.25, 0.3) is 10.9 Å². The van der Waals surface area contributed by atoms with E-state index in [9.17, 15) is 9.59 Å². The normalized spacial score (nSPS) is 10.9. The summed E-state index contributed by atoms with van der Waals surface area (Å²) < 4.78 is 6.69. The number of para-hydroxylation sites is 1. The van der Waals surface area contributed by atoms with Gasteiger partial charge in [0, 0.05) is 13.5 Å². The van der Waals surface area contributed by atoms with Crippen LogP contribution in [0.4, 0.5) is 0 Å². The third-order valence-electron chi connectivity index (χ3n) is 3.65.